The van der Waals surface area contributed by atoms with E-state index in [9.17, 15) is 10.2 Å². The summed E-state index contributed by atoms with van der Waals surface area (Å²) in [5.74, 6) is 1.78. The smallest absolute Gasteiger partial charge is 0.145 e. The standard InChI is InChI=1S/C24H27N5O2/c1-12-17-10-18(17)15-5-3-13(8-19(15)28-12)2-4-14-9-20(22(31)21(14)30)29-7-6-16-23(25)26-11-27-24(16)29/h3,5-8,11,14,17-18,20-22,30-31H,2,4,9-10H2,1H3,(H2,25,26,27)/t14-,17-,18+,20+,21+,22-/m0/s1. The number of aliphatic hydroxyl groups excluding tert-OH is 2. The van der Waals surface area contributed by atoms with Gasteiger partial charge in [-0.2, -0.15) is 0 Å². The maximum atomic E-state index is 10.8. The van der Waals surface area contributed by atoms with Gasteiger partial charge in [-0.1, -0.05) is 12.1 Å². The van der Waals surface area contributed by atoms with Crippen molar-refractivity contribution in [2.75, 3.05) is 5.73 Å². The number of anilines is 1. The molecule has 2 aromatic heterocycles. The minimum absolute atomic E-state index is 0.0192. The van der Waals surface area contributed by atoms with Gasteiger partial charge < -0.3 is 20.5 Å². The molecule has 7 heteroatoms. The second-order valence-electron chi connectivity index (χ2n) is 9.40. The second-order valence-corrected chi connectivity index (χ2v) is 9.40. The molecule has 2 saturated carbocycles. The Balaban J connectivity index is 1.19. The molecule has 0 spiro atoms. The Morgan fingerprint density at radius 2 is 1.97 bits per heavy atom. The highest BCUT2D eigenvalue weighted by Gasteiger charge is 2.44. The van der Waals surface area contributed by atoms with Crippen molar-refractivity contribution in [2.24, 2.45) is 16.8 Å². The van der Waals surface area contributed by atoms with Crippen LogP contribution in [0.4, 0.5) is 11.5 Å². The summed E-state index contributed by atoms with van der Waals surface area (Å²) < 4.78 is 1.93. The highest BCUT2D eigenvalue weighted by atomic mass is 16.3. The molecule has 0 unspecified atom stereocenters. The lowest BCUT2D eigenvalue weighted by molar-refractivity contribution is 0.00545. The normalized spacial score (nSPS) is 31.4. The van der Waals surface area contributed by atoms with Crippen molar-refractivity contribution in [1.29, 1.82) is 0 Å². The van der Waals surface area contributed by atoms with Gasteiger partial charge in [0.1, 0.15) is 23.9 Å². The number of nitrogens with zero attached hydrogens (tertiary/aromatic N) is 4. The number of aryl methyl sites for hydroxylation is 1. The van der Waals surface area contributed by atoms with Gasteiger partial charge in [-0.3, -0.25) is 4.99 Å². The van der Waals surface area contributed by atoms with Crippen LogP contribution in [-0.4, -0.2) is 42.7 Å². The number of aromatic nitrogens is 3. The predicted molar refractivity (Wildman–Crippen MR) is 119 cm³/mol. The van der Waals surface area contributed by atoms with Crippen LogP contribution in [0.5, 0.6) is 0 Å². The summed E-state index contributed by atoms with van der Waals surface area (Å²) in [7, 11) is 0. The topological polar surface area (TPSA) is 110 Å². The molecular weight excluding hydrogens is 390 g/mol. The van der Waals surface area contributed by atoms with Crippen LogP contribution in [-0.2, 0) is 6.42 Å². The molecule has 7 nitrogen and oxygen atoms in total. The van der Waals surface area contributed by atoms with Gasteiger partial charge in [-0.25, -0.2) is 9.97 Å². The molecule has 3 aliphatic rings. The first-order valence-corrected chi connectivity index (χ1v) is 11.1. The van der Waals surface area contributed by atoms with E-state index in [2.05, 4.69) is 35.1 Å². The number of benzene rings is 1. The van der Waals surface area contributed by atoms with Gasteiger partial charge >= 0.3 is 0 Å². The summed E-state index contributed by atoms with van der Waals surface area (Å²) in [5.41, 5.74) is 11.7. The minimum atomic E-state index is -0.834. The third-order valence-electron chi connectivity index (χ3n) is 7.59. The van der Waals surface area contributed by atoms with Gasteiger partial charge in [0.2, 0.25) is 0 Å². The SMILES string of the molecule is CC1=Nc2cc(CC[C@H]3C[C@@H](n4ccc5c(N)ncnc54)[C@H](O)[C@@H]3O)ccc2[C@H]2C[C@@H]12. The quantitative estimate of drug-likeness (QED) is 0.604. The Kier molecular flexibility index (Phi) is 4.20. The Morgan fingerprint density at radius 3 is 2.84 bits per heavy atom. The second kappa shape index (κ2) is 6.87. The van der Waals surface area contributed by atoms with Crippen LogP contribution in [0.15, 0.2) is 41.8 Å². The van der Waals surface area contributed by atoms with Crippen molar-refractivity contribution >= 4 is 28.3 Å². The Labute approximate surface area is 180 Å². The lowest BCUT2D eigenvalue weighted by Gasteiger charge is -2.19. The summed E-state index contributed by atoms with van der Waals surface area (Å²) in [6, 6.07) is 8.30. The minimum Gasteiger partial charge on any atom is -0.390 e. The van der Waals surface area contributed by atoms with E-state index in [0.717, 1.165) is 23.9 Å². The molecule has 1 aromatic carbocycles. The monoisotopic (exact) mass is 417 g/mol. The lowest BCUT2D eigenvalue weighted by Crippen LogP contribution is -2.29. The van der Waals surface area contributed by atoms with E-state index in [1.54, 1.807) is 0 Å². The molecule has 0 saturated heterocycles. The number of fused-ring (bicyclic) bond motifs is 4. The Bertz CT molecular complexity index is 1200. The number of hydrogen-bond acceptors (Lipinski definition) is 6. The van der Waals surface area contributed by atoms with Crippen LogP contribution < -0.4 is 5.73 Å². The van der Waals surface area contributed by atoms with E-state index in [1.807, 2.05) is 16.8 Å². The van der Waals surface area contributed by atoms with E-state index in [1.165, 1.54) is 29.6 Å². The molecule has 6 rings (SSSR count). The van der Waals surface area contributed by atoms with Crippen molar-refractivity contribution < 1.29 is 10.2 Å². The van der Waals surface area contributed by atoms with Gasteiger partial charge in [-0.05, 0) is 67.7 Å². The summed E-state index contributed by atoms with van der Waals surface area (Å²) in [4.78, 5) is 13.2. The molecule has 0 bridgehead atoms. The molecule has 0 amide bonds. The molecule has 2 fully saturated rings. The number of nitrogens with two attached hydrogens (primary N) is 1. The van der Waals surface area contributed by atoms with Crippen LogP contribution in [0.3, 0.4) is 0 Å². The molecule has 2 aliphatic carbocycles. The molecule has 1 aliphatic heterocycles. The fourth-order valence-electron chi connectivity index (χ4n) is 5.70. The molecule has 3 aromatic rings. The predicted octanol–water partition coefficient (Wildman–Crippen LogP) is 3.14. The summed E-state index contributed by atoms with van der Waals surface area (Å²) in [6.07, 6.45) is 5.34. The summed E-state index contributed by atoms with van der Waals surface area (Å²) >= 11 is 0. The summed E-state index contributed by atoms with van der Waals surface area (Å²) in [5, 5.41) is 22.3. The first kappa shape index (κ1) is 19.0. The molecule has 4 N–H and O–H groups in total. The zero-order chi connectivity index (χ0) is 21.3. The highest BCUT2D eigenvalue weighted by Crippen LogP contribution is 2.54. The number of hydrogen-bond donors (Lipinski definition) is 3. The van der Waals surface area contributed by atoms with E-state index in [4.69, 9.17) is 10.7 Å². The van der Waals surface area contributed by atoms with Crippen LogP contribution in [0.1, 0.15) is 49.3 Å². The third kappa shape index (κ3) is 2.98. The Morgan fingerprint density at radius 1 is 1.10 bits per heavy atom. The fourth-order valence-corrected chi connectivity index (χ4v) is 5.70. The van der Waals surface area contributed by atoms with Crippen molar-refractivity contribution in [1.82, 2.24) is 14.5 Å². The third-order valence-corrected chi connectivity index (χ3v) is 7.59. The maximum absolute atomic E-state index is 10.8. The van der Waals surface area contributed by atoms with Gasteiger partial charge in [-0.15, -0.1) is 0 Å². The molecule has 6 atom stereocenters. The van der Waals surface area contributed by atoms with Crippen molar-refractivity contribution in [3.63, 3.8) is 0 Å². The molecule has 0 radical (unpaired) electrons. The molecular formula is C24H27N5O2. The number of nitrogen functional groups attached to an aromatic ring is 1. The highest BCUT2D eigenvalue weighted by molar-refractivity contribution is 5.93. The van der Waals surface area contributed by atoms with Crippen molar-refractivity contribution in [3.05, 3.63) is 47.9 Å². The van der Waals surface area contributed by atoms with Crippen LogP contribution >= 0.6 is 0 Å². The van der Waals surface area contributed by atoms with Crippen molar-refractivity contribution in [3.8, 4) is 0 Å². The van der Waals surface area contributed by atoms with Gasteiger partial charge in [0.05, 0.1) is 23.2 Å². The van der Waals surface area contributed by atoms with Gasteiger partial charge in [0.15, 0.2) is 0 Å². The fraction of sp³-hybridized carbons (Fsp3) is 0.458. The van der Waals surface area contributed by atoms with E-state index >= 15 is 0 Å². The zero-order valence-electron chi connectivity index (χ0n) is 17.5. The van der Waals surface area contributed by atoms with Crippen molar-refractivity contribution in [2.45, 2.75) is 56.8 Å². The van der Waals surface area contributed by atoms with Gasteiger partial charge in [0.25, 0.3) is 0 Å². The lowest BCUT2D eigenvalue weighted by atomic mass is 9.94. The number of aliphatic hydroxyl groups is 2. The average molecular weight is 418 g/mol. The first-order valence-electron chi connectivity index (χ1n) is 11.1. The van der Waals surface area contributed by atoms with Gasteiger partial charge in [0, 0.05) is 17.8 Å². The molecule has 3 heterocycles. The Hall–Kier alpha value is -2.77. The molecule has 31 heavy (non-hydrogen) atoms. The largest absolute Gasteiger partial charge is 0.390 e. The van der Waals surface area contributed by atoms with E-state index in [-0.39, 0.29) is 12.0 Å². The van der Waals surface area contributed by atoms with Crippen LogP contribution in [0.25, 0.3) is 11.0 Å². The average Bonchev–Trinajstić information content (AvgIpc) is 3.39. The first-order chi connectivity index (χ1) is 15.0. The molecule has 160 valence electrons. The number of aliphatic imine (C=N–C) groups is 1. The number of rotatable bonds is 4. The van der Waals surface area contributed by atoms with E-state index in [0.29, 0.717) is 29.7 Å². The summed E-state index contributed by atoms with van der Waals surface area (Å²) in [6.45, 7) is 2.14. The van der Waals surface area contributed by atoms with Crippen LogP contribution in [0.2, 0.25) is 0 Å². The van der Waals surface area contributed by atoms with Crippen LogP contribution in [0, 0.1) is 11.8 Å². The van der Waals surface area contributed by atoms with E-state index < -0.39 is 12.2 Å². The zero-order valence-corrected chi connectivity index (χ0v) is 17.5. The maximum Gasteiger partial charge on any atom is 0.145 e.